The average Bonchev–Trinajstić information content (AvgIpc) is 3.05. The number of aliphatic imine (C=N–C) groups is 1. The van der Waals surface area contributed by atoms with E-state index in [1.165, 1.54) is 6.42 Å². The molecule has 1 amide bonds. The first-order valence-electron chi connectivity index (χ1n) is 8.02. The molecule has 0 spiro atoms. The second kappa shape index (κ2) is 11.6. The first-order chi connectivity index (χ1) is 11.2. The predicted octanol–water partition coefficient (Wildman–Crippen LogP) is 2.37. The molecule has 2 unspecified atom stereocenters. The van der Waals surface area contributed by atoms with Crippen molar-refractivity contribution in [1.82, 2.24) is 16.0 Å². The highest BCUT2D eigenvalue weighted by atomic mass is 127. The van der Waals surface area contributed by atoms with Gasteiger partial charge in [0.25, 0.3) is 0 Å². The Bertz CT molecular complexity index is 527. The van der Waals surface area contributed by atoms with Crippen molar-refractivity contribution in [2.24, 2.45) is 4.99 Å². The lowest BCUT2D eigenvalue weighted by atomic mass is 10.2. The van der Waals surface area contributed by atoms with Crippen LogP contribution in [-0.4, -0.2) is 43.0 Å². The van der Waals surface area contributed by atoms with Crippen LogP contribution in [0.5, 0.6) is 0 Å². The summed E-state index contributed by atoms with van der Waals surface area (Å²) in [5.41, 5.74) is 1.09. The van der Waals surface area contributed by atoms with Crippen molar-refractivity contribution in [3.8, 4) is 0 Å². The number of nitrogens with one attached hydrogen (secondary N) is 3. The van der Waals surface area contributed by atoms with Gasteiger partial charge in [-0.05, 0) is 31.1 Å². The molecule has 7 heteroatoms. The number of hydrogen-bond donors (Lipinski definition) is 3. The van der Waals surface area contributed by atoms with Gasteiger partial charge in [0, 0.05) is 24.9 Å². The Hall–Kier alpha value is -0.960. The summed E-state index contributed by atoms with van der Waals surface area (Å²) < 4.78 is 0. The summed E-state index contributed by atoms with van der Waals surface area (Å²) in [6.07, 6.45) is 5.72. The Kier molecular flexibility index (Phi) is 10.2. The highest BCUT2D eigenvalue weighted by molar-refractivity contribution is 14.0. The number of guanidine groups is 1. The average molecular weight is 462 g/mol. The van der Waals surface area contributed by atoms with Crippen molar-refractivity contribution in [3.63, 3.8) is 0 Å². The Morgan fingerprint density at radius 3 is 2.62 bits per heavy atom. The maximum Gasteiger partial charge on any atom is 0.239 e. The summed E-state index contributed by atoms with van der Waals surface area (Å²) >= 11 is 1.93. The largest absolute Gasteiger partial charge is 0.354 e. The van der Waals surface area contributed by atoms with Crippen LogP contribution in [0.1, 0.15) is 24.8 Å². The van der Waals surface area contributed by atoms with Crippen LogP contribution >= 0.6 is 35.7 Å². The van der Waals surface area contributed by atoms with E-state index in [9.17, 15) is 4.79 Å². The normalized spacial score (nSPS) is 20.2. The van der Waals surface area contributed by atoms with E-state index in [1.807, 2.05) is 42.1 Å². The number of carbonyl (C=O) groups excluding carboxylic acids is 1. The van der Waals surface area contributed by atoms with E-state index >= 15 is 0 Å². The van der Waals surface area contributed by atoms with Gasteiger partial charge in [0.15, 0.2) is 5.96 Å². The maximum absolute atomic E-state index is 11.9. The molecular formula is C17H27IN4OS. The molecule has 2 rings (SSSR count). The summed E-state index contributed by atoms with van der Waals surface area (Å²) in [6.45, 7) is 0.774. The van der Waals surface area contributed by atoms with Crippen LogP contribution in [0, 0.1) is 0 Å². The molecule has 1 aromatic carbocycles. The summed E-state index contributed by atoms with van der Waals surface area (Å²) in [5.74, 6) is 0.664. The zero-order valence-corrected chi connectivity index (χ0v) is 17.4. The van der Waals surface area contributed by atoms with Crippen molar-refractivity contribution >= 4 is 47.6 Å². The standard InChI is InChI=1S/C17H26N4OS.HI/c1-18-17(21-14-8-9-15(10-14)23-2)20-12-16(22)19-11-13-6-4-3-5-7-13;/h3-7,14-15H,8-12H2,1-2H3,(H,19,22)(H2,18,20,21);1H. The quantitative estimate of drug-likeness (QED) is 0.345. The van der Waals surface area contributed by atoms with Crippen LogP contribution in [-0.2, 0) is 11.3 Å². The highest BCUT2D eigenvalue weighted by Gasteiger charge is 2.24. The third-order valence-corrected chi connectivity index (χ3v) is 5.13. The molecular weight excluding hydrogens is 435 g/mol. The number of benzene rings is 1. The molecule has 1 aliphatic carbocycles. The van der Waals surface area contributed by atoms with Gasteiger partial charge in [0.2, 0.25) is 5.91 Å². The van der Waals surface area contributed by atoms with Crippen molar-refractivity contribution in [1.29, 1.82) is 0 Å². The van der Waals surface area contributed by atoms with E-state index in [-0.39, 0.29) is 36.4 Å². The molecule has 0 saturated heterocycles. The molecule has 0 heterocycles. The van der Waals surface area contributed by atoms with Crippen LogP contribution in [0.25, 0.3) is 0 Å². The fraction of sp³-hybridized carbons (Fsp3) is 0.529. The van der Waals surface area contributed by atoms with E-state index in [0.29, 0.717) is 18.5 Å². The number of carbonyl (C=O) groups is 1. The number of nitrogens with zero attached hydrogens (tertiary/aromatic N) is 1. The van der Waals surface area contributed by atoms with E-state index in [2.05, 4.69) is 27.2 Å². The summed E-state index contributed by atoms with van der Waals surface area (Å²) in [5, 5.41) is 10.1. The van der Waals surface area contributed by atoms with Crippen LogP contribution in [0.3, 0.4) is 0 Å². The molecule has 1 aliphatic rings. The van der Waals surface area contributed by atoms with Gasteiger partial charge in [-0.2, -0.15) is 11.8 Å². The Balaban J connectivity index is 0.00000288. The number of amides is 1. The summed E-state index contributed by atoms with van der Waals surface area (Å²) in [4.78, 5) is 16.1. The van der Waals surface area contributed by atoms with Crippen molar-refractivity contribution < 1.29 is 4.79 Å². The third-order valence-electron chi connectivity index (χ3n) is 4.03. The molecule has 24 heavy (non-hydrogen) atoms. The number of halogens is 1. The lowest BCUT2D eigenvalue weighted by Gasteiger charge is -2.17. The zero-order chi connectivity index (χ0) is 16.5. The van der Waals surface area contributed by atoms with E-state index < -0.39 is 0 Å². The predicted molar refractivity (Wildman–Crippen MR) is 113 cm³/mol. The van der Waals surface area contributed by atoms with Gasteiger partial charge in [-0.25, -0.2) is 0 Å². The van der Waals surface area contributed by atoms with Gasteiger partial charge >= 0.3 is 0 Å². The van der Waals surface area contributed by atoms with Gasteiger partial charge in [0.1, 0.15) is 0 Å². The second-order valence-corrected chi connectivity index (χ2v) is 6.84. The molecule has 0 aliphatic heterocycles. The Morgan fingerprint density at radius 1 is 1.25 bits per heavy atom. The minimum atomic E-state index is -0.0368. The van der Waals surface area contributed by atoms with E-state index in [4.69, 9.17) is 0 Å². The third kappa shape index (κ3) is 7.29. The fourth-order valence-electron chi connectivity index (χ4n) is 2.70. The molecule has 1 saturated carbocycles. The first-order valence-corrected chi connectivity index (χ1v) is 9.30. The fourth-order valence-corrected chi connectivity index (χ4v) is 3.49. The topological polar surface area (TPSA) is 65.5 Å². The molecule has 1 fully saturated rings. The molecule has 0 radical (unpaired) electrons. The lowest BCUT2D eigenvalue weighted by Crippen LogP contribution is -2.46. The highest BCUT2D eigenvalue weighted by Crippen LogP contribution is 2.27. The van der Waals surface area contributed by atoms with Crippen LogP contribution in [0.2, 0.25) is 0 Å². The van der Waals surface area contributed by atoms with Crippen molar-refractivity contribution in [3.05, 3.63) is 35.9 Å². The molecule has 134 valence electrons. The van der Waals surface area contributed by atoms with Crippen LogP contribution < -0.4 is 16.0 Å². The van der Waals surface area contributed by atoms with Gasteiger partial charge in [0.05, 0.1) is 6.54 Å². The zero-order valence-electron chi connectivity index (χ0n) is 14.2. The minimum Gasteiger partial charge on any atom is -0.354 e. The van der Waals surface area contributed by atoms with Crippen molar-refractivity contribution in [2.45, 2.75) is 37.1 Å². The smallest absolute Gasteiger partial charge is 0.239 e. The van der Waals surface area contributed by atoms with Gasteiger partial charge in [-0.3, -0.25) is 9.79 Å². The van der Waals surface area contributed by atoms with E-state index in [0.717, 1.165) is 23.7 Å². The molecule has 3 N–H and O–H groups in total. The summed E-state index contributed by atoms with van der Waals surface area (Å²) in [7, 11) is 1.73. The van der Waals surface area contributed by atoms with Crippen LogP contribution in [0.15, 0.2) is 35.3 Å². The second-order valence-electron chi connectivity index (χ2n) is 5.70. The molecule has 0 aromatic heterocycles. The van der Waals surface area contributed by atoms with E-state index in [1.54, 1.807) is 7.05 Å². The molecule has 0 bridgehead atoms. The lowest BCUT2D eigenvalue weighted by molar-refractivity contribution is -0.120. The molecule has 5 nitrogen and oxygen atoms in total. The monoisotopic (exact) mass is 462 g/mol. The number of thioether (sulfide) groups is 1. The molecule has 1 aromatic rings. The summed E-state index contributed by atoms with van der Waals surface area (Å²) in [6, 6.07) is 10.3. The van der Waals surface area contributed by atoms with Gasteiger partial charge in [-0.15, -0.1) is 24.0 Å². The number of rotatable bonds is 6. The SMILES string of the molecule is CN=C(NCC(=O)NCc1ccccc1)NC1CCC(SC)C1.I. The van der Waals surface area contributed by atoms with Crippen molar-refractivity contribution in [2.75, 3.05) is 19.8 Å². The number of hydrogen-bond acceptors (Lipinski definition) is 3. The Morgan fingerprint density at radius 2 is 2.00 bits per heavy atom. The first kappa shape index (κ1) is 21.1. The minimum absolute atomic E-state index is 0. The maximum atomic E-state index is 11.9. The van der Waals surface area contributed by atoms with Gasteiger partial charge in [-0.1, -0.05) is 30.3 Å². The van der Waals surface area contributed by atoms with Gasteiger partial charge < -0.3 is 16.0 Å². The van der Waals surface area contributed by atoms with Crippen LogP contribution in [0.4, 0.5) is 0 Å². The molecule has 2 atom stereocenters. The Labute approximate surface area is 165 Å².